The van der Waals surface area contributed by atoms with Gasteiger partial charge in [0.2, 0.25) is 0 Å². The third-order valence-electron chi connectivity index (χ3n) is 3.44. The van der Waals surface area contributed by atoms with Gasteiger partial charge in [0.15, 0.2) is 0 Å². The molecule has 0 unspecified atom stereocenters. The van der Waals surface area contributed by atoms with Gasteiger partial charge in [0.1, 0.15) is 5.15 Å². The molecule has 0 fully saturated rings. The van der Waals surface area contributed by atoms with Crippen LogP contribution in [-0.2, 0) is 13.0 Å². The van der Waals surface area contributed by atoms with Gasteiger partial charge >= 0.3 is 0 Å². The van der Waals surface area contributed by atoms with Crippen molar-refractivity contribution in [2.75, 3.05) is 11.9 Å². The van der Waals surface area contributed by atoms with Crippen LogP contribution in [0.4, 0.5) is 5.69 Å². The van der Waals surface area contributed by atoms with Crippen molar-refractivity contribution in [3.05, 3.63) is 56.8 Å². The number of halogens is 2. The van der Waals surface area contributed by atoms with Crippen molar-refractivity contribution >= 4 is 39.1 Å². The lowest BCUT2D eigenvalue weighted by atomic mass is 9.95. The van der Waals surface area contributed by atoms with Gasteiger partial charge in [-0.2, -0.15) is 0 Å². The monoisotopic (exact) mass is 365 g/mol. The Labute approximate surface area is 136 Å². The zero-order valence-electron chi connectivity index (χ0n) is 11.1. The summed E-state index contributed by atoms with van der Waals surface area (Å²) >= 11 is 9.15. The van der Waals surface area contributed by atoms with E-state index < -0.39 is 0 Å². The van der Waals surface area contributed by atoms with Crippen molar-refractivity contribution in [3.8, 4) is 0 Å². The van der Waals surface area contributed by atoms with Crippen LogP contribution in [0, 0.1) is 0 Å². The summed E-state index contributed by atoms with van der Waals surface area (Å²) in [5, 5.41) is 6.55. The van der Waals surface area contributed by atoms with Crippen molar-refractivity contribution in [1.82, 2.24) is 10.3 Å². The largest absolute Gasteiger partial charge is 0.321 e. The number of carbonyl (C=O) groups excluding carboxylic acids is 1. The highest BCUT2D eigenvalue weighted by molar-refractivity contribution is 9.10. The first-order chi connectivity index (χ1) is 10.1. The van der Waals surface area contributed by atoms with Gasteiger partial charge < -0.3 is 10.6 Å². The fourth-order valence-electron chi connectivity index (χ4n) is 2.43. The van der Waals surface area contributed by atoms with E-state index in [-0.39, 0.29) is 5.91 Å². The van der Waals surface area contributed by atoms with Crippen molar-refractivity contribution in [2.45, 2.75) is 13.0 Å². The average molecular weight is 367 g/mol. The molecule has 1 amide bonds. The van der Waals surface area contributed by atoms with Crippen LogP contribution in [0.3, 0.4) is 0 Å². The predicted molar refractivity (Wildman–Crippen MR) is 86.8 cm³/mol. The van der Waals surface area contributed by atoms with Crippen LogP contribution in [0.25, 0.3) is 0 Å². The van der Waals surface area contributed by atoms with Gasteiger partial charge in [-0.05, 0) is 52.2 Å². The number of fused-ring (bicyclic) bond motifs is 1. The van der Waals surface area contributed by atoms with Crippen molar-refractivity contribution < 1.29 is 4.79 Å². The zero-order chi connectivity index (χ0) is 14.8. The van der Waals surface area contributed by atoms with E-state index in [0.29, 0.717) is 15.3 Å². The maximum absolute atomic E-state index is 12.5. The normalized spacial score (nSPS) is 13.6. The van der Waals surface area contributed by atoms with Crippen molar-refractivity contribution in [3.63, 3.8) is 0 Å². The van der Waals surface area contributed by atoms with Crippen LogP contribution in [0.15, 0.2) is 34.9 Å². The number of pyridine rings is 1. The molecule has 0 bridgehead atoms. The molecule has 108 valence electrons. The SMILES string of the molecule is O=C(Nc1cnc(Cl)c(Br)c1)c1cccc2c1CCNC2. The number of carbonyl (C=O) groups is 1. The molecule has 2 aromatic rings. The standard InChI is InChI=1S/C15H13BrClN3O/c16-13-6-10(8-19-14(13)17)20-15(21)12-3-1-2-9-7-18-5-4-11(9)12/h1-3,6,8,18H,4-5,7H2,(H,20,21). The van der Waals surface area contributed by atoms with Gasteiger partial charge in [0.25, 0.3) is 5.91 Å². The Morgan fingerprint density at radius 2 is 2.29 bits per heavy atom. The lowest BCUT2D eigenvalue weighted by Gasteiger charge is -2.20. The van der Waals surface area contributed by atoms with E-state index in [1.807, 2.05) is 12.1 Å². The van der Waals surface area contributed by atoms with E-state index >= 15 is 0 Å². The summed E-state index contributed by atoms with van der Waals surface area (Å²) in [6.07, 6.45) is 2.41. The second kappa shape index (κ2) is 6.13. The Morgan fingerprint density at radius 3 is 3.10 bits per heavy atom. The number of benzene rings is 1. The number of anilines is 1. The van der Waals surface area contributed by atoms with E-state index in [0.717, 1.165) is 30.6 Å². The zero-order valence-corrected chi connectivity index (χ0v) is 13.5. The summed E-state index contributed by atoms with van der Waals surface area (Å²) in [7, 11) is 0. The molecule has 4 nitrogen and oxygen atoms in total. The van der Waals surface area contributed by atoms with E-state index in [4.69, 9.17) is 11.6 Å². The molecular weight excluding hydrogens is 354 g/mol. The summed E-state index contributed by atoms with van der Waals surface area (Å²) in [4.78, 5) is 16.5. The van der Waals surface area contributed by atoms with Gasteiger partial charge in [0.05, 0.1) is 16.4 Å². The first kappa shape index (κ1) is 14.5. The molecular formula is C15H13BrClN3O. The summed E-state index contributed by atoms with van der Waals surface area (Å²) in [5.41, 5.74) is 3.64. The highest BCUT2D eigenvalue weighted by Crippen LogP contribution is 2.24. The van der Waals surface area contributed by atoms with Crippen LogP contribution < -0.4 is 10.6 Å². The van der Waals surface area contributed by atoms with E-state index in [1.165, 1.54) is 5.56 Å². The molecule has 1 aliphatic heterocycles. The minimum Gasteiger partial charge on any atom is -0.321 e. The quantitative estimate of drug-likeness (QED) is 0.801. The van der Waals surface area contributed by atoms with Crippen LogP contribution in [0.1, 0.15) is 21.5 Å². The molecule has 0 saturated carbocycles. The minimum absolute atomic E-state index is 0.121. The summed E-state index contributed by atoms with van der Waals surface area (Å²) in [5.74, 6) is -0.121. The lowest BCUT2D eigenvalue weighted by molar-refractivity contribution is 0.102. The smallest absolute Gasteiger partial charge is 0.255 e. The van der Waals surface area contributed by atoms with Crippen LogP contribution in [0.5, 0.6) is 0 Å². The maximum Gasteiger partial charge on any atom is 0.255 e. The molecule has 21 heavy (non-hydrogen) atoms. The van der Waals surface area contributed by atoms with Crippen molar-refractivity contribution in [2.24, 2.45) is 0 Å². The summed E-state index contributed by atoms with van der Waals surface area (Å²) < 4.78 is 0.654. The average Bonchev–Trinajstić information content (AvgIpc) is 2.50. The second-order valence-corrected chi connectivity index (χ2v) is 6.03. The fourth-order valence-corrected chi connectivity index (χ4v) is 2.89. The molecule has 2 N–H and O–H groups in total. The molecule has 0 radical (unpaired) electrons. The first-order valence-electron chi connectivity index (χ1n) is 6.59. The van der Waals surface area contributed by atoms with Crippen molar-refractivity contribution in [1.29, 1.82) is 0 Å². The van der Waals surface area contributed by atoms with Crippen LogP contribution in [0.2, 0.25) is 5.15 Å². The summed E-state index contributed by atoms with van der Waals surface area (Å²) in [6, 6.07) is 7.57. The predicted octanol–water partition coefficient (Wildman–Crippen LogP) is 3.40. The Bertz CT molecular complexity index is 705. The molecule has 3 rings (SSSR count). The maximum atomic E-state index is 12.5. The second-order valence-electron chi connectivity index (χ2n) is 4.82. The van der Waals surface area contributed by atoms with E-state index in [2.05, 4.69) is 37.6 Å². The number of aromatic nitrogens is 1. The molecule has 1 aliphatic rings. The van der Waals surface area contributed by atoms with Crippen LogP contribution in [-0.4, -0.2) is 17.4 Å². The molecule has 6 heteroatoms. The third kappa shape index (κ3) is 3.10. The highest BCUT2D eigenvalue weighted by Gasteiger charge is 2.17. The Hall–Kier alpha value is -1.43. The van der Waals surface area contributed by atoms with Gasteiger partial charge in [-0.3, -0.25) is 4.79 Å². The van der Waals surface area contributed by atoms with Gasteiger partial charge in [0, 0.05) is 12.1 Å². The number of nitrogens with zero attached hydrogens (tertiary/aromatic N) is 1. The Balaban J connectivity index is 1.87. The van der Waals surface area contributed by atoms with Crippen LogP contribution >= 0.6 is 27.5 Å². The third-order valence-corrected chi connectivity index (χ3v) is 4.57. The topological polar surface area (TPSA) is 54.0 Å². The van der Waals surface area contributed by atoms with Gasteiger partial charge in [-0.1, -0.05) is 23.7 Å². The molecule has 0 aliphatic carbocycles. The first-order valence-corrected chi connectivity index (χ1v) is 7.76. The number of hydrogen-bond acceptors (Lipinski definition) is 3. The number of amides is 1. The molecule has 1 aromatic heterocycles. The molecule has 2 heterocycles. The minimum atomic E-state index is -0.121. The number of hydrogen-bond donors (Lipinski definition) is 2. The van der Waals surface area contributed by atoms with Gasteiger partial charge in [-0.15, -0.1) is 0 Å². The number of rotatable bonds is 2. The molecule has 0 saturated heterocycles. The Kier molecular flexibility index (Phi) is 4.24. The number of nitrogens with one attached hydrogen (secondary N) is 2. The molecule has 0 atom stereocenters. The lowest BCUT2D eigenvalue weighted by Crippen LogP contribution is -2.26. The molecule has 0 spiro atoms. The molecule has 1 aromatic carbocycles. The fraction of sp³-hybridized carbons (Fsp3) is 0.200. The van der Waals surface area contributed by atoms with E-state index in [1.54, 1.807) is 12.3 Å². The Morgan fingerprint density at radius 1 is 1.43 bits per heavy atom. The highest BCUT2D eigenvalue weighted by atomic mass is 79.9. The van der Waals surface area contributed by atoms with E-state index in [9.17, 15) is 4.79 Å². The summed E-state index contributed by atoms with van der Waals surface area (Å²) in [6.45, 7) is 1.70. The van der Waals surface area contributed by atoms with Gasteiger partial charge in [-0.25, -0.2) is 4.98 Å².